The van der Waals surface area contributed by atoms with Crippen molar-refractivity contribution in [1.82, 2.24) is 14.8 Å². The van der Waals surface area contributed by atoms with E-state index < -0.39 is 40.8 Å². The van der Waals surface area contributed by atoms with Crippen molar-refractivity contribution < 1.29 is 35.9 Å². The fraction of sp³-hybridized carbons (Fsp3) is 0.500. The van der Waals surface area contributed by atoms with Crippen LogP contribution in [0.2, 0.25) is 0 Å². The van der Waals surface area contributed by atoms with Crippen LogP contribution in [0.1, 0.15) is 53.1 Å². The Balaban J connectivity index is 0.00000122. The van der Waals surface area contributed by atoms with Crippen LogP contribution in [0.4, 0.5) is 32.0 Å². The molecule has 2 amide bonds. The fourth-order valence-corrected chi connectivity index (χ4v) is 3.64. The highest BCUT2D eigenvalue weighted by atomic mass is 19.4. The molecule has 2 aromatic heterocycles. The van der Waals surface area contributed by atoms with E-state index in [1.807, 2.05) is 0 Å². The number of carbonyl (C=O) groups excluding carboxylic acids is 2. The number of rotatable bonds is 4. The first kappa shape index (κ1) is 26.1. The number of hydrogen-bond donors (Lipinski definition) is 2. The quantitative estimate of drug-likeness (QED) is 0.506. The molecule has 182 valence electrons. The van der Waals surface area contributed by atoms with Crippen molar-refractivity contribution in [1.29, 1.82) is 0 Å². The summed E-state index contributed by atoms with van der Waals surface area (Å²) in [7, 11) is 0. The number of carbonyl (C=O) groups is 2. The molecule has 1 fully saturated rings. The van der Waals surface area contributed by atoms with Crippen LogP contribution in [0.3, 0.4) is 0 Å². The summed E-state index contributed by atoms with van der Waals surface area (Å²) in [6, 6.07) is 1.13. The van der Waals surface area contributed by atoms with E-state index in [4.69, 9.17) is 4.79 Å². The Hall–Kier alpha value is -3.12. The van der Waals surface area contributed by atoms with E-state index in [9.17, 15) is 31.1 Å². The normalized spacial score (nSPS) is 16.0. The van der Waals surface area contributed by atoms with E-state index in [1.165, 1.54) is 13.1 Å². The van der Waals surface area contributed by atoms with Gasteiger partial charge >= 0.3 is 6.18 Å². The third-order valence-electron chi connectivity index (χ3n) is 5.21. The zero-order valence-corrected chi connectivity index (χ0v) is 17.8. The zero-order valence-electron chi connectivity index (χ0n) is 17.8. The second-order valence-electron chi connectivity index (χ2n) is 7.64. The highest BCUT2D eigenvalue weighted by Crippen LogP contribution is 2.39. The first-order valence-electron chi connectivity index (χ1n) is 9.91. The lowest BCUT2D eigenvalue weighted by molar-refractivity contribution is -0.138. The van der Waals surface area contributed by atoms with Crippen molar-refractivity contribution in [2.45, 2.75) is 58.2 Å². The Morgan fingerprint density at radius 3 is 2.39 bits per heavy atom. The Kier molecular flexibility index (Phi) is 8.09. The number of halogens is 6. The fourth-order valence-electron chi connectivity index (χ4n) is 3.64. The summed E-state index contributed by atoms with van der Waals surface area (Å²) in [5, 5.41) is 6.00. The van der Waals surface area contributed by atoms with Crippen molar-refractivity contribution in [2.75, 3.05) is 5.32 Å². The van der Waals surface area contributed by atoms with Crippen molar-refractivity contribution in [3.8, 4) is 0 Å². The van der Waals surface area contributed by atoms with Crippen molar-refractivity contribution in [3.05, 3.63) is 40.7 Å². The van der Waals surface area contributed by atoms with Crippen LogP contribution < -0.4 is 11.1 Å². The molecule has 7 nitrogen and oxygen atoms in total. The highest BCUT2D eigenvalue weighted by Gasteiger charge is 2.42. The molecule has 2 heterocycles. The Labute approximate surface area is 185 Å². The van der Waals surface area contributed by atoms with Crippen LogP contribution in [-0.4, -0.2) is 33.0 Å². The number of alkyl halides is 5. The maximum Gasteiger partial charge on any atom is 0.420 e. The number of nitrogens with zero attached hydrogens (tertiary/aromatic N) is 3. The minimum absolute atomic E-state index is 0.0309. The summed E-state index contributed by atoms with van der Waals surface area (Å²) in [5.74, 6) is -5.19. The van der Waals surface area contributed by atoms with Crippen LogP contribution in [0, 0.1) is 25.6 Å². The van der Waals surface area contributed by atoms with Gasteiger partial charge in [-0.1, -0.05) is 0 Å². The Morgan fingerprint density at radius 1 is 1.27 bits per heavy atom. The Morgan fingerprint density at radius 2 is 1.85 bits per heavy atom. The number of aromatic nitrogens is 3. The maximum atomic E-state index is 14.2. The maximum absolute atomic E-state index is 14.2. The Bertz CT molecular complexity index is 996. The molecule has 2 aromatic rings. The molecule has 0 aliphatic heterocycles. The second kappa shape index (κ2) is 10.2. The van der Waals surface area contributed by atoms with E-state index in [1.54, 1.807) is 0 Å². The minimum Gasteiger partial charge on any atom is -0.372 e. The highest BCUT2D eigenvalue weighted by molar-refractivity contribution is 6.04. The molecule has 33 heavy (non-hydrogen) atoms. The topological polar surface area (TPSA) is 103 Å². The largest absolute Gasteiger partial charge is 0.420 e. The molecule has 3 N–H and O–H groups in total. The molecule has 1 aliphatic rings. The number of primary amides is 1. The van der Waals surface area contributed by atoms with Gasteiger partial charge in [0.25, 0.3) is 5.91 Å². The van der Waals surface area contributed by atoms with E-state index in [0.29, 0.717) is 0 Å². The SMILES string of the molecule is Cc1nccc(NC(=O)c2c(C(F)(F)F)c(C)nn2CC2CCC(F)(F)CC2)c1F.NC=O. The smallest absolute Gasteiger partial charge is 0.372 e. The summed E-state index contributed by atoms with van der Waals surface area (Å²) in [6.45, 7) is 2.34. The van der Waals surface area contributed by atoms with Crippen molar-refractivity contribution in [3.63, 3.8) is 0 Å². The number of aryl methyl sites for hydroxylation is 2. The summed E-state index contributed by atoms with van der Waals surface area (Å²) < 4.78 is 82.7. The van der Waals surface area contributed by atoms with Gasteiger partial charge in [0.1, 0.15) is 11.3 Å². The third kappa shape index (κ3) is 6.45. The second-order valence-corrected chi connectivity index (χ2v) is 7.64. The molecule has 0 saturated heterocycles. The molecule has 0 spiro atoms. The summed E-state index contributed by atoms with van der Waals surface area (Å²) in [4.78, 5) is 25.0. The van der Waals surface area contributed by atoms with Crippen LogP contribution in [0.5, 0.6) is 0 Å². The van der Waals surface area contributed by atoms with E-state index in [0.717, 1.165) is 17.7 Å². The molecule has 3 rings (SSSR count). The molecule has 1 aliphatic carbocycles. The van der Waals surface area contributed by atoms with Gasteiger partial charge in [-0.05, 0) is 38.7 Å². The average Bonchev–Trinajstić information content (AvgIpc) is 3.04. The number of amides is 2. The molecule has 0 radical (unpaired) electrons. The number of nitrogens with two attached hydrogens (primary N) is 1. The first-order valence-corrected chi connectivity index (χ1v) is 9.91. The van der Waals surface area contributed by atoms with Gasteiger partial charge < -0.3 is 11.1 Å². The summed E-state index contributed by atoms with van der Waals surface area (Å²) in [5.41, 5.74) is 1.40. The van der Waals surface area contributed by atoms with Crippen LogP contribution in [0.15, 0.2) is 12.3 Å². The molecule has 1 saturated carbocycles. The number of anilines is 1. The standard InChI is InChI=1S/C19H20F6N4O.CH3NO/c1-10-14(19(23,24)25)16(17(30)27-13-5-8-26-11(2)15(13)20)29(28-10)9-12-3-6-18(21,22)7-4-12;2-1-3/h5,8,12H,3-4,6-7,9H2,1-2H3,(H,26,27,30);1H,(H2,2,3). The van der Waals surface area contributed by atoms with Crippen molar-refractivity contribution >= 4 is 18.0 Å². The molecule has 0 unspecified atom stereocenters. The van der Waals surface area contributed by atoms with Gasteiger partial charge in [-0.2, -0.15) is 18.3 Å². The van der Waals surface area contributed by atoms with Gasteiger partial charge in [0.15, 0.2) is 5.82 Å². The third-order valence-corrected chi connectivity index (χ3v) is 5.21. The van der Waals surface area contributed by atoms with E-state index in [-0.39, 0.29) is 55.9 Å². The van der Waals surface area contributed by atoms with Crippen LogP contribution in [-0.2, 0) is 17.5 Å². The number of pyridine rings is 1. The van der Waals surface area contributed by atoms with E-state index >= 15 is 0 Å². The zero-order chi connectivity index (χ0) is 25.0. The number of hydrogen-bond acceptors (Lipinski definition) is 4. The lowest BCUT2D eigenvalue weighted by atomic mass is 9.87. The van der Waals surface area contributed by atoms with Crippen LogP contribution in [0.25, 0.3) is 0 Å². The predicted octanol–water partition coefficient (Wildman–Crippen LogP) is 4.23. The van der Waals surface area contributed by atoms with Gasteiger partial charge in [-0.3, -0.25) is 19.3 Å². The summed E-state index contributed by atoms with van der Waals surface area (Å²) >= 11 is 0. The summed E-state index contributed by atoms with van der Waals surface area (Å²) in [6.07, 6.45) is -3.94. The molecule has 13 heteroatoms. The van der Waals surface area contributed by atoms with Gasteiger partial charge in [-0.25, -0.2) is 13.2 Å². The van der Waals surface area contributed by atoms with Gasteiger partial charge in [0.2, 0.25) is 12.3 Å². The molecular formula is C20H23F6N5O2. The van der Waals surface area contributed by atoms with Gasteiger partial charge in [0.05, 0.1) is 17.1 Å². The molecular weight excluding hydrogens is 456 g/mol. The first-order chi connectivity index (χ1) is 15.3. The lowest BCUT2D eigenvalue weighted by Crippen LogP contribution is -2.29. The predicted molar refractivity (Wildman–Crippen MR) is 106 cm³/mol. The molecule has 0 atom stereocenters. The van der Waals surface area contributed by atoms with Crippen molar-refractivity contribution in [2.24, 2.45) is 11.7 Å². The van der Waals surface area contributed by atoms with Gasteiger partial charge in [-0.15, -0.1) is 0 Å². The lowest BCUT2D eigenvalue weighted by Gasteiger charge is -2.28. The molecule has 0 aromatic carbocycles. The van der Waals surface area contributed by atoms with Crippen LogP contribution >= 0.6 is 0 Å². The number of nitrogens with one attached hydrogen (secondary N) is 1. The van der Waals surface area contributed by atoms with Gasteiger partial charge in [0, 0.05) is 25.6 Å². The molecule has 0 bridgehead atoms. The minimum atomic E-state index is -4.87. The van der Waals surface area contributed by atoms with E-state index in [2.05, 4.69) is 21.1 Å². The average molecular weight is 479 g/mol. The monoisotopic (exact) mass is 479 g/mol.